The molecule has 2 heterocycles. The zero-order chi connectivity index (χ0) is 27.7. The molecule has 1 aromatic heterocycles. The van der Waals surface area contributed by atoms with E-state index >= 15 is 0 Å². The quantitative estimate of drug-likeness (QED) is 0.278. The molecule has 7 nitrogen and oxygen atoms in total. The molecule has 1 amide bonds. The smallest absolute Gasteiger partial charge is 0.271 e. The number of benzene rings is 3. The van der Waals surface area contributed by atoms with Crippen LogP contribution in [0.5, 0.6) is 11.5 Å². The minimum Gasteiger partial charge on any atom is -0.497 e. The van der Waals surface area contributed by atoms with E-state index in [0.29, 0.717) is 32.0 Å². The first-order chi connectivity index (χ1) is 18.8. The molecule has 1 aliphatic rings. The maximum Gasteiger partial charge on any atom is 0.271 e. The number of nitrogens with zero attached hydrogens (tertiary/aromatic N) is 2. The van der Waals surface area contributed by atoms with E-state index in [1.165, 1.54) is 11.3 Å². The molecule has 0 saturated heterocycles. The van der Waals surface area contributed by atoms with Gasteiger partial charge in [-0.2, -0.15) is 0 Å². The first kappa shape index (κ1) is 27.6. The number of ether oxygens (including phenoxy) is 2. The topological polar surface area (TPSA) is 81.9 Å². The number of fused-ring (bicyclic) bond motifs is 1. The summed E-state index contributed by atoms with van der Waals surface area (Å²) in [7, 11) is 3.24. The normalized spacial score (nSPS) is 15.0. The maximum atomic E-state index is 13.9. The van der Waals surface area contributed by atoms with Gasteiger partial charge in [0.05, 0.1) is 43.2 Å². The summed E-state index contributed by atoms with van der Waals surface area (Å²) in [5.41, 5.74) is 3.09. The minimum atomic E-state index is -0.658. The number of hydrogen-bond donors (Lipinski definition) is 1. The maximum absolute atomic E-state index is 13.9. The van der Waals surface area contributed by atoms with Crippen LogP contribution in [0.25, 0.3) is 6.08 Å². The summed E-state index contributed by atoms with van der Waals surface area (Å²) < 4.78 is 14.9. The number of carbonyl (C=O) groups excluding carboxylic acids is 1. The van der Waals surface area contributed by atoms with Gasteiger partial charge in [-0.25, -0.2) is 4.99 Å². The van der Waals surface area contributed by atoms with Gasteiger partial charge in [-0.1, -0.05) is 41.7 Å². The monoisotopic (exact) mass is 763 g/mol. The van der Waals surface area contributed by atoms with E-state index in [4.69, 9.17) is 14.5 Å². The molecule has 0 aliphatic carbocycles. The van der Waals surface area contributed by atoms with Gasteiger partial charge in [-0.05, 0) is 106 Å². The van der Waals surface area contributed by atoms with Crippen molar-refractivity contribution in [2.75, 3.05) is 19.5 Å². The van der Waals surface area contributed by atoms with Crippen LogP contribution in [0.15, 0.2) is 87.8 Å². The van der Waals surface area contributed by atoms with Gasteiger partial charge in [0.2, 0.25) is 0 Å². The van der Waals surface area contributed by atoms with Crippen LogP contribution in [-0.4, -0.2) is 24.7 Å². The lowest BCUT2D eigenvalue weighted by atomic mass is 9.95. The Kier molecular flexibility index (Phi) is 8.24. The molecule has 1 aliphatic heterocycles. The molecule has 1 N–H and O–H groups in total. The number of hydrogen-bond acceptors (Lipinski definition) is 6. The van der Waals surface area contributed by atoms with Crippen molar-refractivity contribution < 1.29 is 14.3 Å². The number of halogens is 2. The molecule has 39 heavy (non-hydrogen) atoms. The number of rotatable bonds is 6. The van der Waals surface area contributed by atoms with Gasteiger partial charge in [0, 0.05) is 5.69 Å². The average Bonchev–Trinajstić information content (AvgIpc) is 3.22. The van der Waals surface area contributed by atoms with Crippen molar-refractivity contribution in [1.29, 1.82) is 0 Å². The van der Waals surface area contributed by atoms with Gasteiger partial charge < -0.3 is 14.8 Å². The summed E-state index contributed by atoms with van der Waals surface area (Å²) in [5, 5.41) is 2.97. The molecule has 0 bridgehead atoms. The molecule has 5 rings (SSSR count). The standard InChI is InChI=1S/C29H23I2N3O4S/c1-16-24(27(35)33-19-7-5-4-6-8-19)25(18-9-11-20(37-2)12-10-18)34-28(36)23(39-29(34)32-16)15-17-13-21(30)26(38-3)22(31)14-17/h4-15,25H,1-3H3,(H,33,35)/b23-15+/t25-/m1/s1. The van der Waals surface area contributed by atoms with Crippen molar-refractivity contribution in [2.45, 2.75) is 13.0 Å². The Balaban J connectivity index is 1.67. The molecule has 10 heteroatoms. The highest BCUT2D eigenvalue weighted by atomic mass is 127. The molecule has 4 aromatic rings. The first-order valence-electron chi connectivity index (χ1n) is 11.9. The molecule has 0 unspecified atom stereocenters. The number of carbonyl (C=O) groups is 1. The van der Waals surface area contributed by atoms with Crippen LogP contribution in [0.4, 0.5) is 5.69 Å². The van der Waals surface area contributed by atoms with E-state index in [0.717, 1.165) is 24.0 Å². The summed E-state index contributed by atoms with van der Waals surface area (Å²) in [5.74, 6) is 1.18. The number of amides is 1. The summed E-state index contributed by atoms with van der Waals surface area (Å²) in [6.45, 7) is 1.81. The third kappa shape index (κ3) is 5.54. The second kappa shape index (κ2) is 11.6. The molecule has 0 saturated carbocycles. The fourth-order valence-electron chi connectivity index (χ4n) is 4.44. The Morgan fingerprint density at radius 3 is 2.31 bits per heavy atom. The number of thiazole rings is 1. The zero-order valence-corrected chi connectivity index (χ0v) is 26.3. The van der Waals surface area contributed by atoms with Crippen LogP contribution < -0.4 is 29.7 Å². The van der Waals surface area contributed by atoms with E-state index in [1.54, 1.807) is 18.8 Å². The lowest BCUT2D eigenvalue weighted by Gasteiger charge is -2.25. The van der Waals surface area contributed by atoms with E-state index in [-0.39, 0.29) is 11.5 Å². The molecule has 0 fully saturated rings. The zero-order valence-electron chi connectivity index (χ0n) is 21.2. The molecule has 1 atom stereocenters. The highest BCUT2D eigenvalue weighted by Crippen LogP contribution is 2.32. The van der Waals surface area contributed by atoms with Gasteiger partial charge >= 0.3 is 0 Å². The predicted octanol–water partition coefficient (Wildman–Crippen LogP) is 5.10. The van der Waals surface area contributed by atoms with Crippen LogP contribution in [-0.2, 0) is 4.79 Å². The summed E-state index contributed by atoms with van der Waals surface area (Å²) >= 11 is 5.76. The van der Waals surface area contributed by atoms with Gasteiger partial charge in [0.25, 0.3) is 11.5 Å². The molecule has 0 radical (unpaired) electrons. The minimum absolute atomic E-state index is 0.210. The Morgan fingerprint density at radius 1 is 1.03 bits per heavy atom. The lowest BCUT2D eigenvalue weighted by Crippen LogP contribution is -2.40. The van der Waals surface area contributed by atoms with Crippen molar-refractivity contribution in [3.05, 3.63) is 116 Å². The van der Waals surface area contributed by atoms with E-state index in [1.807, 2.05) is 79.7 Å². The Labute approximate surface area is 256 Å². The Bertz CT molecular complexity index is 1750. The van der Waals surface area contributed by atoms with Crippen LogP contribution in [0, 0.1) is 7.14 Å². The summed E-state index contributed by atoms with van der Waals surface area (Å²) in [4.78, 5) is 32.8. The second-order valence-corrected chi connectivity index (χ2v) is 12.0. The number of nitrogens with one attached hydrogen (secondary N) is 1. The SMILES string of the molecule is COc1ccc([C@@H]2C(C(=O)Nc3ccccc3)=C(C)N=c3s/c(=C/c4cc(I)c(OC)c(I)c4)c(=O)n32)cc1. The van der Waals surface area contributed by atoms with Crippen molar-refractivity contribution in [2.24, 2.45) is 4.99 Å². The van der Waals surface area contributed by atoms with E-state index in [2.05, 4.69) is 50.5 Å². The molecular formula is C29H23I2N3O4S. The Morgan fingerprint density at radius 2 is 1.69 bits per heavy atom. The van der Waals surface area contributed by atoms with Crippen molar-refractivity contribution in [3.63, 3.8) is 0 Å². The molecule has 198 valence electrons. The highest BCUT2D eigenvalue weighted by Gasteiger charge is 2.32. The second-order valence-electron chi connectivity index (χ2n) is 8.69. The molecule has 3 aromatic carbocycles. The Hall–Kier alpha value is -2.97. The van der Waals surface area contributed by atoms with E-state index < -0.39 is 6.04 Å². The van der Waals surface area contributed by atoms with Crippen molar-refractivity contribution in [3.8, 4) is 11.5 Å². The lowest BCUT2D eigenvalue weighted by molar-refractivity contribution is -0.113. The molecule has 0 spiro atoms. The number of allylic oxidation sites excluding steroid dienone is 1. The third-order valence-corrected chi connectivity index (χ3v) is 8.84. The van der Waals surface area contributed by atoms with Crippen LogP contribution >= 0.6 is 56.5 Å². The third-order valence-electron chi connectivity index (χ3n) is 6.25. The van der Waals surface area contributed by atoms with Gasteiger partial charge in [0.1, 0.15) is 11.5 Å². The van der Waals surface area contributed by atoms with Crippen LogP contribution in [0.3, 0.4) is 0 Å². The molecular weight excluding hydrogens is 740 g/mol. The van der Waals surface area contributed by atoms with Gasteiger partial charge in [0.15, 0.2) is 4.80 Å². The first-order valence-corrected chi connectivity index (χ1v) is 14.8. The van der Waals surface area contributed by atoms with Gasteiger partial charge in [-0.3, -0.25) is 14.2 Å². The number of aromatic nitrogens is 1. The van der Waals surface area contributed by atoms with Crippen LogP contribution in [0.1, 0.15) is 24.1 Å². The number of para-hydroxylation sites is 1. The van der Waals surface area contributed by atoms with Crippen molar-refractivity contribution >= 4 is 74.2 Å². The number of anilines is 1. The predicted molar refractivity (Wildman–Crippen MR) is 170 cm³/mol. The number of methoxy groups -OCH3 is 2. The highest BCUT2D eigenvalue weighted by molar-refractivity contribution is 14.1. The fraction of sp³-hybridized carbons (Fsp3) is 0.138. The largest absolute Gasteiger partial charge is 0.497 e. The van der Waals surface area contributed by atoms with Crippen molar-refractivity contribution in [1.82, 2.24) is 4.57 Å². The van der Waals surface area contributed by atoms with Crippen LogP contribution in [0.2, 0.25) is 0 Å². The summed E-state index contributed by atoms with van der Waals surface area (Å²) in [6, 6.07) is 19.9. The fourth-order valence-corrected chi connectivity index (χ4v) is 7.75. The summed E-state index contributed by atoms with van der Waals surface area (Å²) in [6.07, 6.45) is 1.86. The average molecular weight is 763 g/mol. The van der Waals surface area contributed by atoms with Gasteiger partial charge in [-0.15, -0.1) is 0 Å². The van der Waals surface area contributed by atoms with E-state index in [9.17, 15) is 9.59 Å².